The Morgan fingerprint density at radius 3 is 2.32 bits per heavy atom. The van der Waals surface area contributed by atoms with E-state index in [4.69, 9.17) is 4.74 Å². The van der Waals surface area contributed by atoms with Crippen LogP contribution in [-0.4, -0.2) is 42.6 Å². The van der Waals surface area contributed by atoms with E-state index in [0.717, 1.165) is 24.2 Å². The van der Waals surface area contributed by atoms with Crippen LogP contribution in [-0.2, 0) is 9.53 Å². The quantitative estimate of drug-likeness (QED) is 0.823. The molecule has 0 unspecified atom stereocenters. The monoisotopic (exact) mass is 347 g/mol. The Balaban J connectivity index is 1.78. The topological polar surface area (TPSA) is 70.7 Å². The van der Waals surface area contributed by atoms with Crippen LogP contribution in [0.25, 0.3) is 0 Å². The molecule has 6 nitrogen and oxygen atoms in total. The number of piperidine rings is 1. The summed E-state index contributed by atoms with van der Waals surface area (Å²) in [5.41, 5.74) is 1.84. The van der Waals surface area contributed by atoms with Gasteiger partial charge in [-0.15, -0.1) is 0 Å². The van der Waals surface area contributed by atoms with Crippen molar-refractivity contribution in [1.29, 1.82) is 0 Å². The number of likely N-dealkylation sites (tertiary alicyclic amines) is 1. The van der Waals surface area contributed by atoms with Crippen LogP contribution in [0.2, 0.25) is 0 Å². The molecule has 0 aliphatic carbocycles. The van der Waals surface area contributed by atoms with E-state index >= 15 is 0 Å². The summed E-state index contributed by atoms with van der Waals surface area (Å²) in [4.78, 5) is 25.3. The molecule has 1 aromatic rings. The first-order valence-corrected chi connectivity index (χ1v) is 9.06. The summed E-state index contributed by atoms with van der Waals surface area (Å²) in [6.07, 6.45) is 2.10. The van der Waals surface area contributed by atoms with E-state index in [0.29, 0.717) is 38.1 Å². The maximum atomic E-state index is 11.8. The second-order valence-corrected chi connectivity index (χ2v) is 6.83. The molecule has 25 heavy (non-hydrogen) atoms. The zero-order chi connectivity index (χ0) is 18.2. The number of nitrogens with one attached hydrogen (secondary N) is 2. The summed E-state index contributed by atoms with van der Waals surface area (Å²) in [6, 6.07) is 8.11. The van der Waals surface area contributed by atoms with Crippen LogP contribution in [0.4, 0.5) is 16.2 Å². The maximum absolute atomic E-state index is 11.8. The number of benzene rings is 1. The Kier molecular flexibility index (Phi) is 7.10. The first-order chi connectivity index (χ1) is 12.0. The molecule has 0 saturated carbocycles. The lowest BCUT2D eigenvalue weighted by Gasteiger charge is -2.32. The minimum Gasteiger partial charge on any atom is -0.450 e. The molecule has 1 saturated heterocycles. The van der Waals surface area contributed by atoms with Crippen LogP contribution in [0.5, 0.6) is 0 Å². The van der Waals surface area contributed by atoms with Crippen molar-refractivity contribution in [2.75, 3.05) is 30.3 Å². The Morgan fingerprint density at radius 1 is 1.16 bits per heavy atom. The lowest BCUT2D eigenvalue weighted by Crippen LogP contribution is -2.42. The predicted molar refractivity (Wildman–Crippen MR) is 99.8 cm³/mol. The Bertz CT molecular complexity index is 564. The average Bonchev–Trinajstić information content (AvgIpc) is 2.57. The van der Waals surface area contributed by atoms with Gasteiger partial charge in [0.2, 0.25) is 5.91 Å². The van der Waals surface area contributed by atoms with Crippen LogP contribution in [0.15, 0.2) is 24.3 Å². The van der Waals surface area contributed by atoms with E-state index < -0.39 is 0 Å². The molecule has 0 radical (unpaired) electrons. The summed E-state index contributed by atoms with van der Waals surface area (Å²) >= 11 is 0. The molecule has 1 fully saturated rings. The number of carbonyl (C=O) groups excluding carboxylic acids is 2. The third-order valence-electron chi connectivity index (χ3n) is 4.15. The summed E-state index contributed by atoms with van der Waals surface area (Å²) in [5.74, 6) is 0.392. The third-order valence-corrected chi connectivity index (χ3v) is 4.15. The van der Waals surface area contributed by atoms with Gasteiger partial charge in [-0.2, -0.15) is 0 Å². The molecule has 2 amide bonds. The second kappa shape index (κ2) is 9.30. The fourth-order valence-electron chi connectivity index (χ4n) is 2.89. The molecule has 0 aromatic heterocycles. The van der Waals surface area contributed by atoms with Gasteiger partial charge in [-0.3, -0.25) is 4.79 Å². The number of hydrogen-bond acceptors (Lipinski definition) is 4. The first-order valence-electron chi connectivity index (χ1n) is 9.06. The number of amides is 2. The normalized spacial score (nSPS) is 15.1. The SMILES string of the molecule is CCOC(=O)N1CCC(Nc2ccc(NC(=O)CC(C)C)cc2)CC1. The first kappa shape index (κ1) is 19.1. The Labute approximate surface area is 149 Å². The van der Waals surface area contributed by atoms with Gasteiger partial charge >= 0.3 is 6.09 Å². The van der Waals surface area contributed by atoms with Crippen LogP contribution >= 0.6 is 0 Å². The van der Waals surface area contributed by atoms with Crippen LogP contribution < -0.4 is 10.6 Å². The van der Waals surface area contributed by atoms with Crippen LogP contribution in [0, 0.1) is 5.92 Å². The Hall–Kier alpha value is -2.24. The van der Waals surface area contributed by atoms with Gasteiger partial charge in [0.15, 0.2) is 0 Å². The number of nitrogens with zero attached hydrogens (tertiary/aromatic N) is 1. The van der Waals surface area contributed by atoms with Gasteiger partial charge in [-0.25, -0.2) is 4.79 Å². The fourth-order valence-corrected chi connectivity index (χ4v) is 2.89. The lowest BCUT2D eigenvalue weighted by atomic mass is 10.0. The molecule has 6 heteroatoms. The second-order valence-electron chi connectivity index (χ2n) is 6.83. The zero-order valence-electron chi connectivity index (χ0n) is 15.4. The van der Waals surface area contributed by atoms with Crippen molar-refractivity contribution >= 4 is 23.4 Å². The number of anilines is 2. The van der Waals surface area contributed by atoms with Gasteiger partial charge in [0.05, 0.1) is 6.61 Å². The highest BCUT2D eigenvalue weighted by atomic mass is 16.6. The van der Waals surface area contributed by atoms with Gasteiger partial charge in [-0.1, -0.05) is 13.8 Å². The van der Waals surface area contributed by atoms with Gasteiger partial charge in [0.1, 0.15) is 0 Å². The van der Waals surface area contributed by atoms with E-state index in [1.807, 2.05) is 45.0 Å². The van der Waals surface area contributed by atoms with Crippen molar-refractivity contribution in [1.82, 2.24) is 4.90 Å². The minimum absolute atomic E-state index is 0.0436. The van der Waals surface area contributed by atoms with Crippen molar-refractivity contribution in [3.05, 3.63) is 24.3 Å². The van der Waals surface area contributed by atoms with Crippen molar-refractivity contribution in [3.8, 4) is 0 Å². The molecule has 1 aromatic carbocycles. The minimum atomic E-state index is -0.220. The van der Waals surface area contributed by atoms with E-state index in [2.05, 4.69) is 10.6 Å². The standard InChI is InChI=1S/C19H29N3O3/c1-4-25-19(24)22-11-9-17(10-12-22)20-15-5-7-16(8-6-15)21-18(23)13-14(2)3/h5-8,14,17,20H,4,9-13H2,1-3H3,(H,21,23). The van der Waals surface area contributed by atoms with Gasteiger partial charge in [-0.05, 0) is 49.9 Å². The fraction of sp³-hybridized carbons (Fsp3) is 0.579. The summed E-state index contributed by atoms with van der Waals surface area (Å²) in [6.45, 7) is 7.71. The largest absolute Gasteiger partial charge is 0.450 e. The smallest absolute Gasteiger partial charge is 0.409 e. The molecular formula is C19H29N3O3. The van der Waals surface area contributed by atoms with Crippen molar-refractivity contribution in [2.45, 2.75) is 46.1 Å². The lowest BCUT2D eigenvalue weighted by molar-refractivity contribution is -0.116. The highest BCUT2D eigenvalue weighted by molar-refractivity contribution is 5.90. The molecule has 0 bridgehead atoms. The highest BCUT2D eigenvalue weighted by Gasteiger charge is 2.23. The number of carbonyl (C=O) groups is 2. The number of rotatable bonds is 6. The van der Waals surface area contributed by atoms with Crippen LogP contribution in [0.3, 0.4) is 0 Å². The third kappa shape index (κ3) is 6.29. The van der Waals surface area contributed by atoms with Crippen molar-refractivity contribution in [3.63, 3.8) is 0 Å². The molecule has 1 heterocycles. The highest BCUT2D eigenvalue weighted by Crippen LogP contribution is 2.19. The van der Waals surface area contributed by atoms with Crippen LogP contribution in [0.1, 0.15) is 40.0 Å². The van der Waals surface area contributed by atoms with E-state index in [1.165, 1.54) is 0 Å². The molecule has 0 atom stereocenters. The average molecular weight is 347 g/mol. The molecule has 2 rings (SSSR count). The summed E-state index contributed by atoms with van der Waals surface area (Å²) in [5, 5.41) is 6.40. The number of ether oxygens (including phenoxy) is 1. The molecule has 2 N–H and O–H groups in total. The summed E-state index contributed by atoms with van der Waals surface area (Å²) < 4.78 is 5.04. The van der Waals surface area contributed by atoms with E-state index in [-0.39, 0.29) is 12.0 Å². The van der Waals surface area contributed by atoms with Crippen molar-refractivity contribution in [2.24, 2.45) is 5.92 Å². The predicted octanol–water partition coefficient (Wildman–Crippen LogP) is 3.70. The van der Waals surface area contributed by atoms with E-state index in [1.54, 1.807) is 4.90 Å². The number of hydrogen-bond donors (Lipinski definition) is 2. The van der Waals surface area contributed by atoms with Gasteiger partial charge in [0.25, 0.3) is 0 Å². The van der Waals surface area contributed by atoms with Gasteiger partial charge < -0.3 is 20.3 Å². The summed E-state index contributed by atoms with van der Waals surface area (Å²) in [7, 11) is 0. The zero-order valence-corrected chi connectivity index (χ0v) is 15.4. The molecule has 0 spiro atoms. The maximum Gasteiger partial charge on any atom is 0.409 e. The molecule has 1 aliphatic heterocycles. The molecule has 1 aliphatic rings. The van der Waals surface area contributed by atoms with Crippen molar-refractivity contribution < 1.29 is 14.3 Å². The van der Waals surface area contributed by atoms with E-state index in [9.17, 15) is 9.59 Å². The molecule has 138 valence electrons. The molecular weight excluding hydrogens is 318 g/mol. The Morgan fingerprint density at radius 2 is 1.76 bits per heavy atom. The van der Waals surface area contributed by atoms with Gasteiger partial charge in [0, 0.05) is 36.9 Å².